The van der Waals surface area contributed by atoms with E-state index < -0.39 is 11.6 Å². The molecule has 5 heteroatoms. The fraction of sp³-hybridized carbons (Fsp3) is 0.600. The molecule has 1 fully saturated rings. The maximum absolute atomic E-state index is 14.2. The average Bonchev–Trinajstić information content (AvgIpc) is 2.42. The van der Waals surface area contributed by atoms with Gasteiger partial charge in [-0.15, -0.1) is 0 Å². The van der Waals surface area contributed by atoms with Gasteiger partial charge in [-0.1, -0.05) is 31.9 Å². The number of hydrogen-bond acceptors (Lipinski definition) is 2. The molecule has 1 aromatic carbocycles. The third kappa shape index (κ3) is 3.30. The zero-order valence-corrected chi connectivity index (χ0v) is 12.7. The van der Waals surface area contributed by atoms with E-state index in [4.69, 9.17) is 11.6 Å². The van der Waals surface area contributed by atoms with Crippen LogP contribution in [0.4, 0.5) is 8.78 Å². The van der Waals surface area contributed by atoms with Gasteiger partial charge in [0, 0.05) is 42.8 Å². The van der Waals surface area contributed by atoms with Gasteiger partial charge in [0.2, 0.25) is 0 Å². The van der Waals surface area contributed by atoms with E-state index in [1.54, 1.807) is 0 Å². The zero-order valence-electron chi connectivity index (χ0n) is 11.9. The molecule has 0 aliphatic carbocycles. The SMILES string of the molecule is CCC(C)[C@H](c1c(F)cc(Cl)cc1F)N1CCNCC1. The molecular weight excluding hydrogens is 282 g/mol. The summed E-state index contributed by atoms with van der Waals surface area (Å²) >= 11 is 5.72. The molecule has 1 aliphatic rings. The van der Waals surface area contributed by atoms with E-state index >= 15 is 0 Å². The topological polar surface area (TPSA) is 15.3 Å². The highest BCUT2D eigenvalue weighted by Gasteiger charge is 2.31. The Morgan fingerprint density at radius 3 is 2.30 bits per heavy atom. The Morgan fingerprint density at radius 2 is 1.80 bits per heavy atom. The highest BCUT2D eigenvalue weighted by atomic mass is 35.5. The van der Waals surface area contributed by atoms with Crippen LogP contribution < -0.4 is 5.32 Å². The maximum atomic E-state index is 14.2. The number of nitrogens with zero attached hydrogens (tertiary/aromatic N) is 1. The molecule has 1 heterocycles. The first-order valence-electron chi connectivity index (χ1n) is 7.13. The Hall–Kier alpha value is -0.710. The normalized spacial score (nSPS) is 19.9. The van der Waals surface area contributed by atoms with Crippen LogP contribution in [0, 0.1) is 17.6 Å². The van der Waals surface area contributed by atoms with Crippen LogP contribution in [0.15, 0.2) is 12.1 Å². The van der Waals surface area contributed by atoms with Crippen molar-refractivity contribution in [3.63, 3.8) is 0 Å². The lowest BCUT2D eigenvalue weighted by Crippen LogP contribution is -2.47. The molecule has 2 atom stereocenters. The molecule has 1 saturated heterocycles. The van der Waals surface area contributed by atoms with Gasteiger partial charge in [-0.2, -0.15) is 0 Å². The first kappa shape index (κ1) is 15.7. The molecule has 1 aliphatic heterocycles. The van der Waals surface area contributed by atoms with E-state index in [9.17, 15) is 8.78 Å². The minimum Gasteiger partial charge on any atom is -0.314 e. The summed E-state index contributed by atoms with van der Waals surface area (Å²) in [6, 6.07) is 2.18. The lowest BCUT2D eigenvalue weighted by Gasteiger charge is -2.38. The Balaban J connectivity index is 2.40. The molecule has 1 aromatic rings. The van der Waals surface area contributed by atoms with Crippen LogP contribution in [0.25, 0.3) is 0 Å². The second kappa shape index (κ2) is 6.83. The summed E-state index contributed by atoms with van der Waals surface area (Å²) in [6.45, 7) is 7.40. The summed E-state index contributed by atoms with van der Waals surface area (Å²) in [5.74, 6) is -0.907. The van der Waals surface area contributed by atoms with Gasteiger partial charge < -0.3 is 5.32 Å². The van der Waals surface area contributed by atoms with E-state index in [0.29, 0.717) is 0 Å². The lowest BCUT2D eigenvalue weighted by molar-refractivity contribution is 0.122. The summed E-state index contributed by atoms with van der Waals surface area (Å²) in [7, 11) is 0. The molecule has 112 valence electrons. The number of hydrogen-bond donors (Lipinski definition) is 1. The zero-order chi connectivity index (χ0) is 14.7. The predicted octanol–water partition coefficient (Wildman–Crippen LogP) is 3.61. The van der Waals surface area contributed by atoms with Crippen LogP contribution in [0.2, 0.25) is 5.02 Å². The van der Waals surface area contributed by atoms with Gasteiger partial charge >= 0.3 is 0 Å². The van der Waals surface area contributed by atoms with Gasteiger partial charge in [0.05, 0.1) is 0 Å². The molecule has 2 nitrogen and oxygen atoms in total. The Morgan fingerprint density at radius 1 is 1.25 bits per heavy atom. The molecule has 0 aromatic heterocycles. The average molecular weight is 303 g/mol. The van der Waals surface area contributed by atoms with Gasteiger partial charge in [-0.3, -0.25) is 4.90 Å². The lowest BCUT2D eigenvalue weighted by atomic mass is 9.90. The van der Waals surface area contributed by atoms with Crippen molar-refractivity contribution in [3.05, 3.63) is 34.4 Å². The highest BCUT2D eigenvalue weighted by molar-refractivity contribution is 6.30. The largest absolute Gasteiger partial charge is 0.314 e. The number of rotatable bonds is 4. The van der Waals surface area contributed by atoms with E-state index in [1.165, 1.54) is 12.1 Å². The van der Waals surface area contributed by atoms with Crippen molar-refractivity contribution < 1.29 is 8.78 Å². The molecule has 0 saturated carbocycles. The number of piperazine rings is 1. The number of halogens is 3. The van der Waals surface area contributed by atoms with Crippen molar-refractivity contribution in [2.75, 3.05) is 26.2 Å². The van der Waals surface area contributed by atoms with Gasteiger partial charge in [0.15, 0.2) is 0 Å². The summed E-state index contributed by atoms with van der Waals surface area (Å²) in [5.41, 5.74) is 0.158. The molecule has 2 rings (SSSR count). The summed E-state index contributed by atoms with van der Waals surface area (Å²) in [5, 5.41) is 3.37. The quantitative estimate of drug-likeness (QED) is 0.914. The molecule has 1 N–H and O–H groups in total. The van der Waals surface area contributed by atoms with E-state index in [-0.39, 0.29) is 22.5 Å². The smallest absolute Gasteiger partial charge is 0.132 e. The number of benzene rings is 1. The van der Waals surface area contributed by atoms with E-state index in [1.807, 2.05) is 13.8 Å². The van der Waals surface area contributed by atoms with Crippen molar-refractivity contribution in [1.29, 1.82) is 0 Å². The van der Waals surface area contributed by atoms with Crippen LogP contribution in [-0.2, 0) is 0 Å². The first-order chi connectivity index (χ1) is 9.54. The first-order valence-corrected chi connectivity index (χ1v) is 7.51. The van der Waals surface area contributed by atoms with Gasteiger partial charge in [0.1, 0.15) is 11.6 Å². The third-order valence-electron chi connectivity index (χ3n) is 4.07. The summed E-state index contributed by atoms with van der Waals surface area (Å²) in [4.78, 5) is 2.17. The molecule has 0 bridgehead atoms. The fourth-order valence-electron chi connectivity index (χ4n) is 2.85. The number of nitrogens with one attached hydrogen (secondary N) is 1. The molecule has 0 radical (unpaired) electrons. The standard InChI is InChI=1S/C15H21ClF2N2/c1-3-10(2)15(20-6-4-19-5-7-20)14-12(17)8-11(16)9-13(14)18/h8-10,15,19H,3-7H2,1-2H3/t10?,15-/m1/s1. The van der Waals surface area contributed by atoms with E-state index in [0.717, 1.165) is 32.6 Å². The van der Waals surface area contributed by atoms with Crippen molar-refractivity contribution in [2.45, 2.75) is 26.3 Å². The van der Waals surface area contributed by atoms with Crippen LogP contribution in [0.3, 0.4) is 0 Å². The minimum atomic E-state index is -0.543. The van der Waals surface area contributed by atoms with Crippen LogP contribution >= 0.6 is 11.6 Å². The molecule has 20 heavy (non-hydrogen) atoms. The second-order valence-corrected chi connectivity index (χ2v) is 5.84. The van der Waals surface area contributed by atoms with Crippen molar-refractivity contribution in [1.82, 2.24) is 10.2 Å². The van der Waals surface area contributed by atoms with E-state index in [2.05, 4.69) is 10.2 Å². The molecular formula is C15H21ClF2N2. The van der Waals surface area contributed by atoms with Crippen LogP contribution in [0.1, 0.15) is 31.9 Å². The Kier molecular flexibility index (Phi) is 5.35. The Labute approximate surface area is 124 Å². The fourth-order valence-corrected chi connectivity index (χ4v) is 3.04. The van der Waals surface area contributed by atoms with Gasteiger partial charge in [-0.25, -0.2) is 8.78 Å². The van der Waals surface area contributed by atoms with Crippen molar-refractivity contribution >= 4 is 11.6 Å². The minimum absolute atomic E-state index is 0.104. The third-order valence-corrected chi connectivity index (χ3v) is 4.29. The maximum Gasteiger partial charge on any atom is 0.132 e. The molecule has 1 unspecified atom stereocenters. The highest BCUT2D eigenvalue weighted by Crippen LogP contribution is 2.35. The summed E-state index contributed by atoms with van der Waals surface area (Å²) in [6.07, 6.45) is 0.871. The Bertz CT molecular complexity index is 438. The van der Waals surface area contributed by atoms with Crippen LogP contribution in [-0.4, -0.2) is 31.1 Å². The van der Waals surface area contributed by atoms with Gasteiger partial charge in [0.25, 0.3) is 0 Å². The second-order valence-electron chi connectivity index (χ2n) is 5.40. The molecule has 0 amide bonds. The van der Waals surface area contributed by atoms with Gasteiger partial charge in [-0.05, 0) is 18.1 Å². The monoisotopic (exact) mass is 302 g/mol. The van der Waals surface area contributed by atoms with Crippen LogP contribution in [0.5, 0.6) is 0 Å². The predicted molar refractivity (Wildman–Crippen MR) is 78.0 cm³/mol. The van der Waals surface area contributed by atoms with Crippen molar-refractivity contribution in [2.24, 2.45) is 5.92 Å². The van der Waals surface area contributed by atoms with Crippen molar-refractivity contribution in [3.8, 4) is 0 Å². The molecule has 0 spiro atoms. The summed E-state index contributed by atoms with van der Waals surface area (Å²) < 4.78 is 28.5.